The van der Waals surface area contributed by atoms with E-state index in [9.17, 15) is 5.11 Å². The zero-order chi connectivity index (χ0) is 22.7. The third-order valence-corrected chi connectivity index (χ3v) is 6.86. The average molecular weight is 446 g/mol. The van der Waals surface area contributed by atoms with E-state index in [1.54, 1.807) is 18.9 Å². The van der Waals surface area contributed by atoms with Gasteiger partial charge < -0.3 is 15.8 Å². The van der Waals surface area contributed by atoms with Gasteiger partial charge in [0.05, 0.1) is 5.60 Å². The van der Waals surface area contributed by atoms with Gasteiger partial charge in [-0.25, -0.2) is 0 Å². The molecule has 33 heavy (non-hydrogen) atoms. The highest BCUT2D eigenvalue weighted by Crippen LogP contribution is 2.30. The molecule has 1 aromatic carbocycles. The number of aromatic nitrogens is 5. The number of rotatable bonds is 8. The van der Waals surface area contributed by atoms with Crippen molar-refractivity contribution in [3.8, 4) is 5.69 Å². The van der Waals surface area contributed by atoms with Crippen molar-refractivity contribution in [2.24, 2.45) is 5.73 Å². The van der Waals surface area contributed by atoms with E-state index in [1.807, 2.05) is 22.8 Å². The molecule has 0 aliphatic carbocycles. The van der Waals surface area contributed by atoms with Gasteiger partial charge in [0.25, 0.3) is 0 Å². The van der Waals surface area contributed by atoms with Gasteiger partial charge in [-0.3, -0.25) is 14.5 Å². The number of piperidine rings is 1. The lowest BCUT2D eigenvalue weighted by Gasteiger charge is -2.43. The van der Waals surface area contributed by atoms with Crippen molar-refractivity contribution >= 4 is 10.9 Å². The van der Waals surface area contributed by atoms with Crippen molar-refractivity contribution in [1.82, 2.24) is 29.6 Å². The summed E-state index contributed by atoms with van der Waals surface area (Å²) in [5.41, 5.74) is 9.84. The van der Waals surface area contributed by atoms with Crippen LogP contribution in [-0.2, 0) is 12.8 Å². The van der Waals surface area contributed by atoms with Crippen molar-refractivity contribution in [3.63, 3.8) is 0 Å². The van der Waals surface area contributed by atoms with Gasteiger partial charge in [-0.15, -0.1) is 10.2 Å². The van der Waals surface area contributed by atoms with Crippen molar-refractivity contribution in [3.05, 3.63) is 72.7 Å². The molecule has 8 heteroatoms. The van der Waals surface area contributed by atoms with Crippen LogP contribution in [0.3, 0.4) is 0 Å². The van der Waals surface area contributed by atoms with Crippen LogP contribution in [0.2, 0.25) is 0 Å². The summed E-state index contributed by atoms with van der Waals surface area (Å²) in [7, 11) is 0. The Morgan fingerprint density at radius 3 is 2.85 bits per heavy atom. The fourth-order valence-electron chi connectivity index (χ4n) is 5.07. The molecule has 1 aliphatic rings. The van der Waals surface area contributed by atoms with Gasteiger partial charge in [0.1, 0.15) is 12.7 Å². The Kier molecular flexibility index (Phi) is 6.22. The molecule has 2 atom stereocenters. The molecule has 0 saturated carbocycles. The summed E-state index contributed by atoms with van der Waals surface area (Å²) in [5, 5.41) is 20.3. The first kappa shape index (κ1) is 21.8. The summed E-state index contributed by atoms with van der Waals surface area (Å²) in [6.07, 6.45) is 11.4. The number of nitrogens with two attached hydrogens (primary N) is 1. The largest absolute Gasteiger partial charge is 0.389 e. The van der Waals surface area contributed by atoms with Crippen molar-refractivity contribution in [1.29, 1.82) is 0 Å². The Bertz CT molecular complexity index is 1170. The minimum atomic E-state index is -0.732. The SMILES string of the molecule is NCC1CC(O)(Cc2ccccn2)CCN1CCCc1c[nH]c2ccc(-n3cnnc3)cc12. The highest BCUT2D eigenvalue weighted by molar-refractivity contribution is 5.85. The standard InChI is InChI=1S/C25H31N7O/c26-15-22-14-25(33,13-20-5-1-2-9-27-20)8-11-31(22)10-3-4-19-16-28-24-7-6-21(12-23(19)24)32-17-29-30-18-32/h1-2,5-7,9,12,16-18,22,28,33H,3-4,8,10-11,13-15,26H2. The molecule has 3 aromatic heterocycles. The molecule has 172 valence electrons. The molecule has 8 nitrogen and oxygen atoms in total. The van der Waals surface area contributed by atoms with E-state index in [0.29, 0.717) is 19.4 Å². The molecular weight excluding hydrogens is 414 g/mol. The van der Waals surface area contributed by atoms with Crippen LogP contribution in [0.1, 0.15) is 30.5 Å². The van der Waals surface area contributed by atoms with Gasteiger partial charge in [0.2, 0.25) is 0 Å². The number of pyridine rings is 1. The van der Waals surface area contributed by atoms with E-state index in [0.717, 1.165) is 49.2 Å². The summed E-state index contributed by atoms with van der Waals surface area (Å²) in [4.78, 5) is 10.2. The minimum absolute atomic E-state index is 0.191. The summed E-state index contributed by atoms with van der Waals surface area (Å²) in [5.74, 6) is 0. The zero-order valence-corrected chi connectivity index (χ0v) is 18.8. The molecule has 1 fully saturated rings. The van der Waals surface area contributed by atoms with Crippen LogP contribution in [0.5, 0.6) is 0 Å². The second kappa shape index (κ2) is 9.43. The average Bonchev–Trinajstić information content (AvgIpc) is 3.51. The molecule has 1 aliphatic heterocycles. The first-order valence-corrected chi connectivity index (χ1v) is 11.6. The number of likely N-dealkylation sites (tertiary alicyclic amines) is 1. The van der Waals surface area contributed by atoms with Crippen molar-refractivity contribution in [2.75, 3.05) is 19.6 Å². The maximum atomic E-state index is 11.2. The van der Waals surface area contributed by atoms with Crippen LogP contribution in [-0.4, -0.2) is 66.0 Å². The van der Waals surface area contributed by atoms with Crippen LogP contribution in [0, 0.1) is 0 Å². The second-order valence-electron chi connectivity index (χ2n) is 9.12. The van der Waals surface area contributed by atoms with E-state index in [1.165, 1.54) is 10.9 Å². The molecule has 4 N–H and O–H groups in total. The Hall–Kier alpha value is -3.07. The maximum Gasteiger partial charge on any atom is 0.123 e. The number of nitrogens with zero attached hydrogens (tertiary/aromatic N) is 5. The lowest BCUT2D eigenvalue weighted by Crippen LogP contribution is -2.54. The van der Waals surface area contributed by atoms with E-state index in [-0.39, 0.29) is 6.04 Å². The van der Waals surface area contributed by atoms with Crippen LogP contribution in [0.25, 0.3) is 16.6 Å². The number of benzene rings is 1. The van der Waals surface area contributed by atoms with E-state index >= 15 is 0 Å². The number of hydrogen-bond donors (Lipinski definition) is 3. The molecule has 0 radical (unpaired) electrons. The highest BCUT2D eigenvalue weighted by Gasteiger charge is 2.37. The van der Waals surface area contributed by atoms with Crippen LogP contribution < -0.4 is 5.73 Å². The normalized spacial score (nSPS) is 21.6. The Morgan fingerprint density at radius 2 is 2.06 bits per heavy atom. The second-order valence-corrected chi connectivity index (χ2v) is 9.12. The van der Waals surface area contributed by atoms with Gasteiger partial charge in [-0.05, 0) is 68.1 Å². The first-order chi connectivity index (χ1) is 16.1. The predicted octanol–water partition coefficient (Wildman–Crippen LogP) is 2.47. The number of aromatic amines is 1. The van der Waals surface area contributed by atoms with Crippen molar-refractivity contribution in [2.45, 2.75) is 43.7 Å². The fraction of sp³-hybridized carbons (Fsp3) is 0.400. The van der Waals surface area contributed by atoms with Crippen LogP contribution >= 0.6 is 0 Å². The number of aryl methyl sites for hydroxylation is 1. The monoisotopic (exact) mass is 445 g/mol. The van der Waals surface area contributed by atoms with Gasteiger partial charge in [-0.2, -0.15) is 0 Å². The Balaban J connectivity index is 1.20. The molecule has 4 heterocycles. The van der Waals surface area contributed by atoms with Crippen LogP contribution in [0.15, 0.2) is 61.4 Å². The van der Waals surface area contributed by atoms with E-state index in [4.69, 9.17) is 5.73 Å². The molecule has 1 saturated heterocycles. The van der Waals surface area contributed by atoms with Gasteiger partial charge >= 0.3 is 0 Å². The van der Waals surface area contributed by atoms with E-state index in [2.05, 4.69) is 49.5 Å². The summed E-state index contributed by atoms with van der Waals surface area (Å²) < 4.78 is 1.92. The van der Waals surface area contributed by atoms with Gasteiger partial charge in [0, 0.05) is 60.2 Å². The molecule has 2 unspecified atom stereocenters. The Morgan fingerprint density at radius 1 is 1.18 bits per heavy atom. The maximum absolute atomic E-state index is 11.2. The topological polar surface area (TPSA) is 109 Å². The first-order valence-electron chi connectivity index (χ1n) is 11.6. The minimum Gasteiger partial charge on any atom is -0.389 e. The molecule has 0 amide bonds. The van der Waals surface area contributed by atoms with E-state index < -0.39 is 5.60 Å². The zero-order valence-electron chi connectivity index (χ0n) is 18.8. The van der Waals surface area contributed by atoms with Crippen molar-refractivity contribution < 1.29 is 5.11 Å². The number of H-pyrrole nitrogens is 1. The molecule has 0 spiro atoms. The molecule has 0 bridgehead atoms. The number of fused-ring (bicyclic) bond motifs is 1. The molecule has 4 aromatic rings. The Labute approximate surface area is 193 Å². The number of aliphatic hydroxyl groups is 1. The molecule has 5 rings (SSSR count). The third-order valence-electron chi connectivity index (χ3n) is 6.86. The number of hydrogen-bond acceptors (Lipinski definition) is 6. The third kappa shape index (κ3) is 4.83. The predicted molar refractivity (Wildman–Crippen MR) is 128 cm³/mol. The molecular formula is C25H31N7O. The smallest absolute Gasteiger partial charge is 0.123 e. The number of nitrogens with one attached hydrogen (secondary N) is 1. The van der Waals surface area contributed by atoms with Crippen LogP contribution in [0.4, 0.5) is 0 Å². The lowest BCUT2D eigenvalue weighted by molar-refractivity contribution is -0.0451. The highest BCUT2D eigenvalue weighted by atomic mass is 16.3. The summed E-state index contributed by atoms with van der Waals surface area (Å²) in [6, 6.07) is 12.4. The lowest BCUT2D eigenvalue weighted by atomic mass is 9.82. The summed E-state index contributed by atoms with van der Waals surface area (Å²) in [6.45, 7) is 2.39. The van der Waals surface area contributed by atoms with Gasteiger partial charge in [-0.1, -0.05) is 6.07 Å². The quantitative estimate of drug-likeness (QED) is 0.384. The fourth-order valence-corrected chi connectivity index (χ4v) is 5.07. The van der Waals surface area contributed by atoms with Gasteiger partial charge in [0.15, 0.2) is 0 Å². The summed E-state index contributed by atoms with van der Waals surface area (Å²) >= 11 is 0.